The first-order valence-corrected chi connectivity index (χ1v) is 6.47. The Bertz CT molecular complexity index is 706. The molecule has 1 unspecified atom stereocenters. The molecule has 6 nitrogen and oxygen atoms in total. The van der Waals surface area contributed by atoms with Gasteiger partial charge in [-0.1, -0.05) is 30.3 Å². The summed E-state index contributed by atoms with van der Waals surface area (Å²) in [5, 5.41) is 7.59. The fraction of sp³-hybridized carbons (Fsp3) is 0.214. The van der Waals surface area contributed by atoms with Crippen molar-refractivity contribution in [2.75, 3.05) is 11.9 Å². The summed E-state index contributed by atoms with van der Waals surface area (Å²) < 4.78 is 1.68. The Hall–Kier alpha value is -2.47. The van der Waals surface area contributed by atoms with Gasteiger partial charge in [-0.15, -0.1) is 0 Å². The molecular formula is C14H16N6. The first-order chi connectivity index (χ1) is 9.78. The predicted molar refractivity (Wildman–Crippen MR) is 77.4 cm³/mol. The number of rotatable bonds is 4. The van der Waals surface area contributed by atoms with Crippen LogP contribution in [0.15, 0.2) is 42.7 Å². The van der Waals surface area contributed by atoms with Crippen LogP contribution >= 0.6 is 0 Å². The summed E-state index contributed by atoms with van der Waals surface area (Å²) >= 11 is 0. The second-order valence-electron chi connectivity index (χ2n) is 4.60. The van der Waals surface area contributed by atoms with Crippen molar-refractivity contribution in [1.29, 1.82) is 0 Å². The lowest BCUT2D eigenvalue weighted by Crippen LogP contribution is -2.22. The van der Waals surface area contributed by atoms with E-state index in [1.54, 1.807) is 4.52 Å². The van der Waals surface area contributed by atoms with Gasteiger partial charge in [-0.2, -0.15) is 14.6 Å². The van der Waals surface area contributed by atoms with Crippen molar-refractivity contribution in [3.8, 4) is 0 Å². The second kappa shape index (κ2) is 5.26. The van der Waals surface area contributed by atoms with Gasteiger partial charge in [-0.25, -0.2) is 4.98 Å². The molecule has 3 N–H and O–H groups in total. The molecule has 0 aliphatic heterocycles. The number of fused-ring (bicyclic) bond motifs is 1. The highest BCUT2D eigenvalue weighted by Crippen LogP contribution is 2.19. The molecule has 0 aliphatic rings. The molecule has 6 heteroatoms. The molecule has 1 atom stereocenters. The van der Waals surface area contributed by atoms with Crippen molar-refractivity contribution < 1.29 is 0 Å². The summed E-state index contributed by atoms with van der Waals surface area (Å²) in [7, 11) is 0. The van der Waals surface area contributed by atoms with Gasteiger partial charge < -0.3 is 11.1 Å². The lowest BCUT2D eigenvalue weighted by Gasteiger charge is -2.19. The normalized spacial score (nSPS) is 12.5. The summed E-state index contributed by atoms with van der Waals surface area (Å²) in [6, 6.07) is 12.1. The number of nitrogens with zero attached hydrogens (tertiary/aromatic N) is 4. The van der Waals surface area contributed by atoms with E-state index in [1.807, 2.05) is 31.2 Å². The van der Waals surface area contributed by atoms with Crippen molar-refractivity contribution in [3.63, 3.8) is 0 Å². The summed E-state index contributed by atoms with van der Waals surface area (Å²) in [4.78, 5) is 8.44. The van der Waals surface area contributed by atoms with Crippen LogP contribution in [0.1, 0.15) is 17.3 Å². The summed E-state index contributed by atoms with van der Waals surface area (Å²) in [6.07, 6.45) is 1.49. The first kappa shape index (κ1) is 12.6. The van der Waals surface area contributed by atoms with Gasteiger partial charge in [0.1, 0.15) is 12.1 Å². The highest BCUT2D eigenvalue weighted by atomic mass is 15.4. The zero-order chi connectivity index (χ0) is 13.9. The number of hydrogen-bond donors (Lipinski definition) is 2. The molecule has 2 aromatic heterocycles. The summed E-state index contributed by atoms with van der Waals surface area (Å²) in [6.45, 7) is 2.42. The molecule has 0 amide bonds. The molecule has 0 aliphatic carbocycles. The molecular weight excluding hydrogens is 252 g/mol. The standard InChI is InChI=1S/C14H16N6/c1-10-7-13(20-14(18-10)16-9-17-20)19-12(8-15)11-5-3-2-4-6-11/h2-7,9,12,19H,8,15H2,1H3. The van der Waals surface area contributed by atoms with Gasteiger partial charge in [0, 0.05) is 18.3 Å². The Morgan fingerprint density at radius 3 is 2.85 bits per heavy atom. The predicted octanol–water partition coefficient (Wildman–Crippen LogP) is 1.54. The van der Waals surface area contributed by atoms with E-state index in [9.17, 15) is 0 Å². The molecule has 0 saturated carbocycles. The molecule has 0 radical (unpaired) electrons. The van der Waals surface area contributed by atoms with Crippen molar-refractivity contribution in [3.05, 3.63) is 54.0 Å². The third-order valence-corrected chi connectivity index (χ3v) is 3.14. The van der Waals surface area contributed by atoms with Gasteiger partial charge in [0.15, 0.2) is 0 Å². The quantitative estimate of drug-likeness (QED) is 0.750. The van der Waals surface area contributed by atoms with E-state index < -0.39 is 0 Å². The summed E-state index contributed by atoms with van der Waals surface area (Å²) in [5.41, 5.74) is 7.91. The van der Waals surface area contributed by atoms with E-state index >= 15 is 0 Å². The van der Waals surface area contributed by atoms with Crippen LogP contribution in [-0.4, -0.2) is 26.1 Å². The number of aromatic nitrogens is 4. The van der Waals surface area contributed by atoms with Gasteiger partial charge in [-0.3, -0.25) is 0 Å². The number of hydrogen-bond acceptors (Lipinski definition) is 5. The Labute approximate surface area is 116 Å². The van der Waals surface area contributed by atoms with Crippen molar-refractivity contribution in [1.82, 2.24) is 19.6 Å². The van der Waals surface area contributed by atoms with Crippen LogP contribution in [0.3, 0.4) is 0 Å². The van der Waals surface area contributed by atoms with Gasteiger partial charge in [-0.05, 0) is 12.5 Å². The van der Waals surface area contributed by atoms with Crippen LogP contribution in [0.25, 0.3) is 5.78 Å². The average Bonchev–Trinajstić information content (AvgIpc) is 2.93. The molecule has 0 bridgehead atoms. The minimum Gasteiger partial charge on any atom is -0.362 e. The van der Waals surface area contributed by atoms with Gasteiger partial charge >= 0.3 is 0 Å². The van der Waals surface area contributed by atoms with E-state index in [4.69, 9.17) is 5.73 Å². The third kappa shape index (κ3) is 2.33. The van der Waals surface area contributed by atoms with Crippen molar-refractivity contribution >= 4 is 11.6 Å². The van der Waals surface area contributed by atoms with E-state index in [0.717, 1.165) is 17.1 Å². The second-order valence-corrected chi connectivity index (χ2v) is 4.60. The highest BCUT2D eigenvalue weighted by molar-refractivity contribution is 5.46. The maximum atomic E-state index is 5.89. The molecule has 3 aromatic rings. The molecule has 102 valence electrons. The maximum Gasteiger partial charge on any atom is 0.254 e. The van der Waals surface area contributed by atoms with E-state index in [2.05, 4.69) is 32.5 Å². The van der Waals surface area contributed by atoms with Crippen LogP contribution in [0, 0.1) is 6.92 Å². The zero-order valence-corrected chi connectivity index (χ0v) is 11.2. The molecule has 20 heavy (non-hydrogen) atoms. The number of anilines is 1. The van der Waals surface area contributed by atoms with Crippen LogP contribution in [0.4, 0.5) is 5.82 Å². The molecule has 0 spiro atoms. The number of nitrogens with one attached hydrogen (secondary N) is 1. The molecule has 2 heterocycles. The van der Waals surface area contributed by atoms with Crippen LogP contribution in [-0.2, 0) is 0 Å². The zero-order valence-electron chi connectivity index (χ0n) is 11.2. The monoisotopic (exact) mass is 268 g/mol. The van der Waals surface area contributed by atoms with Crippen molar-refractivity contribution in [2.45, 2.75) is 13.0 Å². The Kier molecular flexibility index (Phi) is 3.30. The largest absolute Gasteiger partial charge is 0.362 e. The maximum absolute atomic E-state index is 5.89. The fourth-order valence-corrected chi connectivity index (χ4v) is 2.18. The van der Waals surface area contributed by atoms with Gasteiger partial charge in [0.05, 0.1) is 6.04 Å². The topological polar surface area (TPSA) is 81.1 Å². The summed E-state index contributed by atoms with van der Waals surface area (Å²) in [5.74, 6) is 1.42. The molecule has 3 rings (SSSR count). The van der Waals surface area contributed by atoms with E-state index in [1.165, 1.54) is 6.33 Å². The lowest BCUT2D eigenvalue weighted by atomic mass is 10.1. The van der Waals surface area contributed by atoms with Crippen molar-refractivity contribution in [2.24, 2.45) is 5.73 Å². The Morgan fingerprint density at radius 1 is 1.30 bits per heavy atom. The van der Waals surface area contributed by atoms with Crippen LogP contribution in [0.2, 0.25) is 0 Å². The number of nitrogens with two attached hydrogens (primary N) is 1. The number of aryl methyl sites for hydroxylation is 1. The Morgan fingerprint density at radius 2 is 2.10 bits per heavy atom. The average molecular weight is 268 g/mol. The number of benzene rings is 1. The van der Waals surface area contributed by atoms with E-state index in [-0.39, 0.29) is 6.04 Å². The molecule has 0 saturated heterocycles. The Balaban J connectivity index is 1.97. The fourth-order valence-electron chi connectivity index (χ4n) is 2.18. The van der Waals surface area contributed by atoms with Gasteiger partial charge in [0.25, 0.3) is 5.78 Å². The third-order valence-electron chi connectivity index (χ3n) is 3.14. The molecule has 1 aromatic carbocycles. The highest BCUT2D eigenvalue weighted by Gasteiger charge is 2.12. The minimum atomic E-state index is 0.0189. The minimum absolute atomic E-state index is 0.0189. The lowest BCUT2D eigenvalue weighted by molar-refractivity contribution is 0.770. The molecule has 0 fully saturated rings. The van der Waals surface area contributed by atoms with E-state index in [0.29, 0.717) is 12.3 Å². The SMILES string of the molecule is Cc1cc(NC(CN)c2ccccc2)n2ncnc2n1. The van der Waals surface area contributed by atoms with Crippen LogP contribution < -0.4 is 11.1 Å². The van der Waals surface area contributed by atoms with Gasteiger partial charge in [0.2, 0.25) is 0 Å². The smallest absolute Gasteiger partial charge is 0.254 e. The van der Waals surface area contributed by atoms with Crippen LogP contribution in [0.5, 0.6) is 0 Å². The first-order valence-electron chi connectivity index (χ1n) is 6.47.